The van der Waals surface area contributed by atoms with Gasteiger partial charge in [-0.3, -0.25) is 10.1 Å². The molecule has 2 aromatic heterocycles. The summed E-state index contributed by atoms with van der Waals surface area (Å²) < 4.78 is 2.00. The van der Waals surface area contributed by atoms with Crippen molar-refractivity contribution in [2.45, 2.75) is 26.3 Å². The Morgan fingerprint density at radius 3 is 3.04 bits per heavy atom. The Morgan fingerprint density at radius 1 is 1.44 bits per heavy atom. The van der Waals surface area contributed by atoms with Gasteiger partial charge in [0.1, 0.15) is 5.82 Å². The van der Waals surface area contributed by atoms with E-state index < -0.39 is 0 Å². The van der Waals surface area contributed by atoms with Crippen LogP contribution in [-0.2, 0) is 11.3 Å². The number of rotatable bonds is 5. The van der Waals surface area contributed by atoms with Gasteiger partial charge in [-0.1, -0.05) is 0 Å². The van der Waals surface area contributed by atoms with Gasteiger partial charge in [-0.15, -0.1) is 11.3 Å². The van der Waals surface area contributed by atoms with E-state index in [1.807, 2.05) is 35.2 Å². The third-order valence-corrected chi connectivity index (χ3v) is 5.19. The minimum Gasteiger partial charge on any atom is -0.354 e. The van der Waals surface area contributed by atoms with Crippen molar-refractivity contribution in [3.63, 3.8) is 0 Å². The standard InChI is InChI=1S/C17H23N5O2S/c1-13-18-6-9-21(13)10-7-19-16(23)14-4-2-8-22(12-14)17(24)20-15-5-3-11-25-15/h3,5-6,9,11,14H,2,4,7-8,10,12H2,1H3,(H,19,23)(H,20,24). The summed E-state index contributed by atoms with van der Waals surface area (Å²) in [6, 6.07) is 3.64. The van der Waals surface area contributed by atoms with Gasteiger partial charge < -0.3 is 14.8 Å². The molecule has 134 valence electrons. The summed E-state index contributed by atoms with van der Waals surface area (Å²) in [5.41, 5.74) is 0. The van der Waals surface area contributed by atoms with Crippen molar-refractivity contribution in [1.29, 1.82) is 0 Å². The van der Waals surface area contributed by atoms with Crippen LogP contribution < -0.4 is 10.6 Å². The molecule has 25 heavy (non-hydrogen) atoms. The van der Waals surface area contributed by atoms with Gasteiger partial charge in [0.2, 0.25) is 5.91 Å². The topological polar surface area (TPSA) is 79.3 Å². The Labute approximate surface area is 151 Å². The molecule has 1 aliphatic rings. The Bertz CT molecular complexity index is 712. The van der Waals surface area contributed by atoms with Crippen molar-refractivity contribution < 1.29 is 9.59 Å². The van der Waals surface area contributed by atoms with Crippen LogP contribution in [0.4, 0.5) is 9.80 Å². The number of imidazole rings is 1. The second kappa shape index (κ2) is 8.15. The van der Waals surface area contributed by atoms with E-state index in [1.165, 1.54) is 11.3 Å². The van der Waals surface area contributed by atoms with E-state index in [0.29, 0.717) is 26.2 Å². The predicted molar refractivity (Wildman–Crippen MR) is 97.6 cm³/mol. The maximum Gasteiger partial charge on any atom is 0.322 e. The van der Waals surface area contributed by atoms with Gasteiger partial charge in [-0.05, 0) is 37.3 Å². The van der Waals surface area contributed by atoms with Crippen molar-refractivity contribution in [1.82, 2.24) is 19.8 Å². The van der Waals surface area contributed by atoms with Crippen LogP contribution in [0.3, 0.4) is 0 Å². The lowest BCUT2D eigenvalue weighted by atomic mass is 9.97. The van der Waals surface area contributed by atoms with Crippen LogP contribution in [0.5, 0.6) is 0 Å². The van der Waals surface area contributed by atoms with Crippen LogP contribution in [-0.4, -0.2) is 46.0 Å². The van der Waals surface area contributed by atoms with Crippen molar-refractivity contribution in [2.24, 2.45) is 5.92 Å². The van der Waals surface area contributed by atoms with E-state index >= 15 is 0 Å². The second-order valence-corrected chi connectivity index (χ2v) is 7.10. The number of carbonyl (C=O) groups excluding carboxylic acids is 2. The molecule has 0 aromatic carbocycles. The Kier molecular flexibility index (Phi) is 5.70. The summed E-state index contributed by atoms with van der Waals surface area (Å²) in [4.78, 5) is 30.6. The molecule has 2 aromatic rings. The smallest absolute Gasteiger partial charge is 0.322 e. The number of thiophene rings is 1. The Balaban J connectivity index is 1.46. The molecule has 0 radical (unpaired) electrons. The van der Waals surface area contributed by atoms with Crippen LogP contribution in [0.15, 0.2) is 29.9 Å². The quantitative estimate of drug-likeness (QED) is 0.858. The molecule has 3 rings (SSSR count). The maximum atomic E-state index is 12.4. The number of urea groups is 1. The van der Waals surface area contributed by atoms with Crippen molar-refractivity contribution in [2.75, 3.05) is 25.0 Å². The van der Waals surface area contributed by atoms with E-state index in [9.17, 15) is 9.59 Å². The molecule has 8 heteroatoms. The van der Waals surface area contributed by atoms with E-state index in [1.54, 1.807) is 11.1 Å². The van der Waals surface area contributed by atoms with Gasteiger partial charge in [0, 0.05) is 38.6 Å². The maximum absolute atomic E-state index is 12.4. The largest absolute Gasteiger partial charge is 0.354 e. The number of carbonyl (C=O) groups is 2. The monoisotopic (exact) mass is 361 g/mol. The first kappa shape index (κ1) is 17.5. The summed E-state index contributed by atoms with van der Waals surface area (Å²) in [5, 5.41) is 8.61. The highest BCUT2D eigenvalue weighted by atomic mass is 32.1. The SMILES string of the molecule is Cc1nccn1CCNC(=O)C1CCCN(C(=O)Nc2cccs2)C1. The van der Waals surface area contributed by atoms with Gasteiger partial charge >= 0.3 is 6.03 Å². The number of anilines is 1. The molecule has 1 saturated heterocycles. The predicted octanol–water partition coefficient (Wildman–Crippen LogP) is 2.31. The van der Waals surface area contributed by atoms with Gasteiger partial charge in [-0.25, -0.2) is 9.78 Å². The van der Waals surface area contributed by atoms with E-state index in [2.05, 4.69) is 15.6 Å². The Morgan fingerprint density at radius 2 is 2.32 bits per heavy atom. The van der Waals surface area contributed by atoms with Crippen molar-refractivity contribution in [3.05, 3.63) is 35.7 Å². The molecule has 2 N–H and O–H groups in total. The first-order valence-electron chi connectivity index (χ1n) is 8.48. The zero-order valence-electron chi connectivity index (χ0n) is 14.3. The lowest BCUT2D eigenvalue weighted by molar-refractivity contribution is -0.126. The molecule has 1 fully saturated rings. The highest BCUT2D eigenvalue weighted by Gasteiger charge is 2.28. The summed E-state index contributed by atoms with van der Waals surface area (Å²) in [6.07, 6.45) is 5.32. The van der Waals surface area contributed by atoms with Gasteiger partial charge in [-0.2, -0.15) is 0 Å². The molecule has 3 heterocycles. The van der Waals surface area contributed by atoms with Gasteiger partial charge in [0.25, 0.3) is 0 Å². The van der Waals surface area contributed by atoms with Gasteiger partial charge in [0.05, 0.1) is 10.9 Å². The lowest BCUT2D eigenvalue weighted by Gasteiger charge is -2.31. The van der Waals surface area contributed by atoms with Crippen LogP contribution in [0.2, 0.25) is 0 Å². The summed E-state index contributed by atoms with van der Waals surface area (Å²) in [7, 11) is 0. The van der Waals surface area contributed by atoms with E-state index in [-0.39, 0.29) is 17.9 Å². The number of hydrogen-bond acceptors (Lipinski definition) is 4. The molecule has 3 amide bonds. The minimum absolute atomic E-state index is 0.0198. The number of aryl methyl sites for hydroxylation is 1. The molecule has 1 unspecified atom stereocenters. The van der Waals surface area contributed by atoms with E-state index in [4.69, 9.17) is 0 Å². The van der Waals surface area contributed by atoms with Crippen LogP contribution in [0.25, 0.3) is 0 Å². The molecular weight excluding hydrogens is 338 g/mol. The highest BCUT2D eigenvalue weighted by Crippen LogP contribution is 2.20. The number of nitrogens with zero attached hydrogens (tertiary/aromatic N) is 3. The van der Waals surface area contributed by atoms with Crippen LogP contribution in [0, 0.1) is 12.8 Å². The summed E-state index contributed by atoms with van der Waals surface area (Å²) in [6.45, 7) is 4.36. The minimum atomic E-state index is -0.147. The zero-order valence-corrected chi connectivity index (χ0v) is 15.1. The van der Waals surface area contributed by atoms with Crippen LogP contribution in [0.1, 0.15) is 18.7 Å². The highest BCUT2D eigenvalue weighted by molar-refractivity contribution is 7.14. The second-order valence-electron chi connectivity index (χ2n) is 6.15. The third-order valence-electron chi connectivity index (χ3n) is 4.41. The molecule has 1 aliphatic heterocycles. The summed E-state index contributed by atoms with van der Waals surface area (Å²) >= 11 is 1.49. The van der Waals surface area contributed by atoms with Crippen LogP contribution >= 0.6 is 11.3 Å². The fourth-order valence-corrected chi connectivity index (χ4v) is 3.60. The zero-order chi connectivity index (χ0) is 17.6. The molecule has 0 spiro atoms. The molecular formula is C17H23N5O2S. The van der Waals surface area contributed by atoms with E-state index in [0.717, 1.165) is 23.7 Å². The number of amides is 3. The van der Waals surface area contributed by atoms with Crippen molar-refractivity contribution >= 4 is 28.3 Å². The Hall–Kier alpha value is -2.35. The van der Waals surface area contributed by atoms with Crippen molar-refractivity contribution in [3.8, 4) is 0 Å². The van der Waals surface area contributed by atoms with Gasteiger partial charge in [0.15, 0.2) is 0 Å². The number of piperidine rings is 1. The third kappa shape index (κ3) is 4.60. The average molecular weight is 361 g/mol. The number of hydrogen-bond donors (Lipinski definition) is 2. The average Bonchev–Trinajstić information content (AvgIpc) is 3.27. The summed E-state index contributed by atoms with van der Waals surface area (Å²) in [5.74, 6) is 0.807. The normalized spacial score (nSPS) is 17.3. The number of nitrogens with one attached hydrogen (secondary N) is 2. The number of likely N-dealkylation sites (tertiary alicyclic amines) is 1. The molecule has 0 saturated carbocycles. The fraction of sp³-hybridized carbons (Fsp3) is 0.471. The first-order chi connectivity index (χ1) is 12.1. The molecule has 0 aliphatic carbocycles. The first-order valence-corrected chi connectivity index (χ1v) is 9.36. The molecule has 7 nitrogen and oxygen atoms in total. The number of aromatic nitrogens is 2. The lowest BCUT2D eigenvalue weighted by Crippen LogP contribution is -2.47. The molecule has 0 bridgehead atoms. The molecule has 1 atom stereocenters. The fourth-order valence-electron chi connectivity index (χ4n) is 2.99.